The Labute approximate surface area is 206 Å². The number of pyridine rings is 1. The number of rotatable bonds is 6. The van der Waals surface area contributed by atoms with Crippen molar-refractivity contribution in [3.63, 3.8) is 0 Å². The van der Waals surface area contributed by atoms with E-state index in [9.17, 15) is 9.59 Å². The van der Waals surface area contributed by atoms with Gasteiger partial charge in [-0.15, -0.1) is 0 Å². The molecule has 1 aliphatic heterocycles. The van der Waals surface area contributed by atoms with Gasteiger partial charge in [-0.3, -0.25) is 9.78 Å². The number of ketones is 1. The number of carbonyl (C=O) groups is 2. The predicted molar refractivity (Wildman–Crippen MR) is 138 cm³/mol. The summed E-state index contributed by atoms with van der Waals surface area (Å²) >= 11 is 0. The summed E-state index contributed by atoms with van der Waals surface area (Å²) in [5.41, 5.74) is 3.13. The van der Waals surface area contributed by atoms with Gasteiger partial charge in [0.25, 0.3) is 0 Å². The number of amides is 1. The van der Waals surface area contributed by atoms with E-state index >= 15 is 0 Å². The third-order valence-corrected chi connectivity index (χ3v) is 13.9. The van der Waals surface area contributed by atoms with Gasteiger partial charge in [-0.2, -0.15) is 0 Å². The fourth-order valence-electron chi connectivity index (χ4n) is 6.20. The van der Waals surface area contributed by atoms with Gasteiger partial charge in [0, 0.05) is 30.5 Å². The molecule has 1 saturated heterocycles. The number of carbonyl (C=O) groups excluding carboxylic acids is 2. The molecule has 2 aliphatic rings. The molecule has 0 N–H and O–H groups in total. The van der Waals surface area contributed by atoms with Crippen LogP contribution in [0.5, 0.6) is 0 Å². The SMILES string of the molecule is CC(C)[Si](OCc1ccc2c(n1)CC1(CCN(C(=O)OC(C)(C)C)CC1)C2=O)(C(C)C)C(C)C. The van der Waals surface area contributed by atoms with Crippen molar-refractivity contribution in [3.8, 4) is 0 Å². The van der Waals surface area contributed by atoms with E-state index in [0.717, 1.165) is 17.0 Å². The number of hydrogen-bond acceptors (Lipinski definition) is 5. The maximum atomic E-state index is 13.4. The molecule has 1 aromatic rings. The average molecular weight is 489 g/mol. The molecule has 2 heterocycles. The first-order chi connectivity index (χ1) is 15.7. The molecule has 1 spiro atoms. The van der Waals surface area contributed by atoms with Gasteiger partial charge in [0.1, 0.15) is 5.60 Å². The molecule has 1 aromatic heterocycles. The molecule has 190 valence electrons. The number of likely N-dealkylation sites (tertiary alicyclic amines) is 1. The molecule has 0 radical (unpaired) electrons. The van der Waals surface area contributed by atoms with Gasteiger partial charge in [-0.1, -0.05) is 41.5 Å². The lowest BCUT2D eigenvalue weighted by Gasteiger charge is -2.42. The first kappa shape index (κ1) is 26.9. The van der Waals surface area contributed by atoms with Crippen LogP contribution in [0, 0.1) is 5.41 Å². The number of aromatic nitrogens is 1. The Bertz CT molecular complexity index is 890. The van der Waals surface area contributed by atoms with E-state index in [4.69, 9.17) is 14.1 Å². The molecule has 1 amide bonds. The smallest absolute Gasteiger partial charge is 0.410 e. The van der Waals surface area contributed by atoms with Gasteiger partial charge in [0.15, 0.2) is 5.78 Å². The van der Waals surface area contributed by atoms with E-state index in [1.54, 1.807) is 4.90 Å². The minimum Gasteiger partial charge on any atom is -0.444 e. The van der Waals surface area contributed by atoms with E-state index in [-0.39, 0.29) is 11.9 Å². The topological polar surface area (TPSA) is 68.7 Å². The van der Waals surface area contributed by atoms with Crippen LogP contribution in [0.15, 0.2) is 12.1 Å². The quantitative estimate of drug-likeness (QED) is 0.426. The number of Topliss-reactive ketones (excluding diaryl/α,β-unsaturated/α-hetero) is 1. The zero-order valence-corrected chi connectivity index (χ0v) is 23.7. The fraction of sp³-hybridized carbons (Fsp3) is 0.741. The Kier molecular flexibility index (Phi) is 7.69. The first-order valence-electron chi connectivity index (χ1n) is 12.9. The molecule has 6 nitrogen and oxygen atoms in total. The van der Waals surface area contributed by atoms with Crippen molar-refractivity contribution in [2.45, 2.75) is 110 Å². The number of piperidine rings is 1. The normalized spacial score (nSPS) is 18.4. The number of nitrogens with zero attached hydrogens (tertiary/aromatic N) is 2. The molecule has 1 fully saturated rings. The second-order valence-electron chi connectivity index (χ2n) is 12.2. The summed E-state index contributed by atoms with van der Waals surface area (Å²) in [6, 6.07) is 3.91. The lowest BCUT2D eigenvalue weighted by atomic mass is 9.75. The summed E-state index contributed by atoms with van der Waals surface area (Å²) in [5.74, 6) is 0.182. The highest BCUT2D eigenvalue weighted by molar-refractivity contribution is 6.77. The average Bonchev–Trinajstić information content (AvgIpc) is 2.97. The van der Waals surface area contributed by atoms with Crippen LogP contribution in [-0.4, -0.2) is 48.8 Å². The molecule has 3 rings (SSSR count). The molecular formula is C27H44N2O4Si. The lowest BCUT2D eigenvalue weighted by molar-refractivity contribution is 0.0113. The Morgan fingerprint density at radius 3 is 2.12 bits per heavy atom. The summed E-state index contributed by atoms with van der Waals surface area (Å²) in [5, 5.41) is 0. The van der Waals surface area contributed by atoms with Crippen LogP contribution < -0.4 is 0 Å². The molecule has 1 aliphatic carbocycles. The summed E-state index contributed by atoms with van der Waals surface area (Å²) in [6.45, 7) is 20.9. The predicted octanol–water partition coefficient (Wildman–Crippen LogP) is 6.53. The Morgan fingerprint density at radius 2 is 1.62 bits per heavy atom. The summed E-state index contributed by atoms with van der Waals surface area (Å²) in [4.78, 5) is 32.5. The van der Waals surface area contributed by atoms with E-state index in [1.165, 1.54) is 0 Å². The standard InChI is InChI=1S/C27H44N2O4Si/c1-18(2)34(19(3)4,20(5)6)32-17-21-10-11-22-23(28-21)16-27(24(22)30)12-14-29(15-13-27)25(31)33-26(7,8)9/h10-11,18-20H,12-17H2,1-9H3. The second kappa shape index (κ2) is 9.73. The van der Waals surface area contributed by atoms with Crippen LogP contribution in [-0.2, 0) is 22.2 Å². The highest BCUT2D eigenvalue weighted by Gasteiger charge is 2.49. The van der Waals surface area contributed by atoms with E-state index in [0.29, 0.717) is 55.6 Å². The van der Waals surface area contributed by atoms with Crippen molar-refractivity contribution in [2.75, 3.05) is 13.1 Å². The van der Waals surface area contributed by atoms with Crippen LogP contribution in [0.25, 0.3) is 0 Å². The molecule has 0 bridgehead atoms. The van der Waals surface area contributed by atoms with E-state index in [1.807, 2.05) is 32.9 Å². The van der Waals surface area contributed by atoms with Crippen molar-refractivity contribution in [2.24, 2.45) is 5.41 Å². The number of ether oxygens (including phenoxy) is 1. The van der Waals surface area contributed by atoms with Crippen molar-refractivity contribution >= 4 is 20.2 Å². The minimum atomic E-state index is -1.98. The van der Waals surface area contributed by atoms with Crippen molar-refractivity contribution in [1.29, 1.82) is 0 Å². The summed E-state index contributed by atoms with van der Waals surface area (Å²) < 4.78 is 12.3. The van der Waals surface area contributed by atoms with Crippen molar-refractivity contribution in [3.05, 3.63) is 29.1 Å². The van der Waals surface area contributed by atoms with Gasteiger partial charge in [0.2, 0.25) is 8.32 Å². The zero-order valence-electron chi connectivity index (χ0n) is 22.7. The van der Waals surface area contributed by atoms with Gasteiger partial charge in [-0.25, -0.2) is 4.79 Å². The van der Waals surface area contributed by atoms with Crippen LogP contribution in [0.3, 0.4) is 0 Å². The molecular weight excluding hydrogens is 444 g/mol. The molecule has 34 heavy (non-hydrogen) atoms. The van der Waals surface area contributed by atoms with Crippen LogP contribution in [0.2, 0.25) is 16.6 Å². The first-order valence-corrected chi connectivity index (χ1v) is 15.0. The third kappa shape index (κ3) is 5.10. The molecule has 0 unspecified atom stereocenters. The lowest BCUT2D eigenvalue weighted by Crippen LogP contribution is -2.47. The largest absolute Gasteiger partial charge is 0.444 e. The third-order valence-electron chi connectivity index (χ3n) is 7.81. The van der Waals surface area contributed by atoms with Crippen LogP contribution in [0.1, 0.15) is 96.9 Å². The van der Waals surface area contributed by atoms with Crippen LogP contribution in [0.4, 0.5) is 4.79 Å². The van der Waals surface area contributed by atoms with E-state index < -0.39 is 19.3 Å². The fourth-order valence-corrected chi connectivity index (χ4v) is 11.6. The summed E-state index contributed by atoms with van der Waals surface area (Å²) in [7, 11) is -1.98. The highest BCUT2D eigenvalue weighted by atomic mass is 28.4. The monoisotopic (exact) mass is 488 g/mol. The van der Waals surface area contributed by atoms with Crippen molar-refractivity contribution < 1.29 is 18.8 Å². The second-order valence-corrected chi connectivity index (χ2v) is 17.6. The van der Waals surface area contributed by atoms with Gasteiger partial charge in [-0.05, 0) is 62.4 Å². The Balaban J connectivity index is 1.70. The minimum absolute atomic E-state index is 0.182. The van der Waals surface area contributed by atoms with Crippen LogP contribution >= 0.6 is 0 Å². The maximum Gasteiger partial charge on any atom is 0.410 e. The zero-order chi connectivity index (χ0) is 25.5. The molecule has 7 heteroatoms. The van der Waals surface area contributed by atoms with Crippen molar-refractivity contribution in [1.82, 2.24) is 9.88 Å². The van der Waals surface area contributed by atoms with E-state index in [2.05, 4.69) is 41.5 Å². The van der Waals surface area contributed by atoms with Gasteiger partial charge in [0.05, 0.1) is 18.0 Å². The molecule has 0 saturated carbocycles. The molecule has 0 aromatic carbocycles. The highest BCUT2D eigenvalue weighted by Crippen LogP contribution is 2.45. The summed E-state index contributed by atoms with van der Waals surface area (Å²) in [6.07, 6.45) is 1.66. The number of fused-ring (bicyclic) bond motifs is 1. The Hall–Kier alpha value is -1.73. The number of hydrogen-bond donors (Lipinski definition) is 0. The van der Waals surface area contributed by atoms with Gasteiger partial charge >= 0.3 is 6.09 Å². The molecule has 0 atom stereocenters. The Morgan fingerprint density at radius 1 is 1.06 bits per heavy atom. The van der Waals surface area contributed by atoms with Gasteiger partial charge < -0.3 is 14.1 Å². The maximum absolute atomic E-state index is 13.4.